The lowest BCUT2D eigenvalue weighted by Crippen LogP contribution is -2.10. The summed E-state index contributed by atoms with van der Waals surface area (Å²) in [5, 5.41) is 12.3. The molecule has 10 rings (SSSR count). The Morgan fingerprint density at radius 2 is 0.917 bits per heavy atom. The molecule has 0 aliphatic heterocycles. The van der Waals surface area contributed by atoms with Crippen LogP contribution >= 0.6 is 0 Å². The predicted octanol–water partition coefficient (Wildman–Crippen LogP) is 13.3. The van der Waals surface area contributed by atoms with Crippen molar-refractivity contribution in [1.82, 2.24) is 0 Å². The van der Waals surface area contributed by atoms with Gasteiger partial charge in [0.25, 0.3) is 0 Å². The number of nitrogens with zero attached hydrogens (tertiary/aromatic N) is 1. The van der Waals surface area contributed by atoms with E-state index in [9.17, 15) is 0 Å². The van der Waals surface area contributed by atoms with Gasteiger partial charge in [0, 0.05) is 16.8 Å². The van der Waals surface area contributed by atoms with Gasteiger partial charge in [0.2, 0.25) is 0 Å². The molecule has 0 spiro atoms. The van der Waals surface area contributed by atoms with Gasteiger partial charge < -0.3 is 9.32 Å². The van der Waals surface area contributed by atoms with Crippen LogP contribution in [-0.2, 0) is 0 Å². The predicted molar refractivity (Wildman–Crippen MR) is 204 cm³/mol. The van der Waals surface area contributed by atoms with Crippen LogP contribution in [-0.4, -0.2) is 0 Å². The summed E-state index contributed by atoms with van der Waals surface area (Å²) in [5.74, 6) is 0. The minimum atomic E-state index is 0.882. The summed E-state index contributed by atoms with van der Waals surface area (Å²) in [7, 11) is 0. The van der Waals surface area contributed by atoms with Crippen LogP contribution in [0.15, 0.2) is 180 Å². The standard InChI is InChI=1S/C46H29NO/c1-2-12-33(13-3-1)47(42-18-9-19-43-46(42)45-37-15-7-5-11-31(37)23-29-44(45)48-43)34-24-20-32(21-25-34)36-16-8-17-38-39(36)27-28-40-35-14-6-4-10-30(35)22-26-41(38)40/h1-29H. The Bertz CT molecular complexity index is 2830. The molecule has 0 atom stereocenters. The van der Waals surface area contributed by atoms with E-state index >= 15 is 0 Å². The molecule has 0 N–H and O–H groups in total. The molecule has 1 aromatic heterocycles. The highest BCUT2D eigenvalue weighted by Gasteiger charge is 2.20. The van der Waals surface area contributed by atoms with E-state index in [1.807, 2.05) is 0 Å². The van der Waals surface area contributed by atoms with E-state index in [1.54, 1.807) is 0 Å². The zero-order valence-corrected chi connectivity index (χ0v) is 26.1. The lowest BCUT2D eigenvalue weighted by molar-refractivity contribution is 0.669. The minimum absolute atomic E-state index is 0.882. The topological polar surface area (TPSA) is 16.4 Å². The number of rotatable bonds is 4. The van der Waals surface area contributed by atoms with Crippen molar-refractivity contribution in [3.63, 3.8) is 0 Å². The summed E-state index contributed by atoms with van der Waals surface area (Å²) < 4.78 is 6.47. The second-order valence-electron chi connectivity index (χ2n) is 12.5. The van der Waals surface area contributed by atoms with Crippen LogP contribution in [0.25, 0.3) is 76.2 Å². The van der Waals surface area contributed by atoms with E-state index in [0.717, 1.165) is 39.0 Å². The molecule has 0 saturated carbocycles. The summed E-state index contributed by atoms with van der Waals surface area (Å²) >= 11 is 0. The summed E-state index contributed by atoms with van der Waals surface area (Å²) in [6, 6.07) is 63.2. The van der Waals surface area contributed by atoms with Crippen molar-refractivity contribution < 1.29 is 4.42 Å². The lowest BCUT2D eigenvalue weighted by Gasteiger charge is -2.26. The van der Waals surface area contributed by atoms with Crippen molar-refractivity contribution >= 4 is 82.1 Å². The van der Waals surface area contributed by atoms with E-state index in [1.165, 1.54) is 54.2 Å². The average molecular weight is 612 g/mol. The smallest absolute Gasteiger partial charge is 0.137 e. The Kier molecular flexibility index (Phi) is 5.91. The first kappa shape index (κ1) is 26.8. The van der Waals surface area contributed by atoms with Crippen molar-refractivity contribution in [2.45, 2.75) is 0 Å². The van der Waals surface area contributed by atoms with Gasteiger partial charge in [-0.25, -0.2) is 0 Å². The highest BCUT2D eigenvalue weighted by atomic mass is 16.3. The minimum Gasteiger partial charge on any atom is -0.456 e. The summed E-state index contributed by atoms with van der Waals surface area (Å²) in [4.78, 5) is 2.35. The number of benzene rings is 9. The van der Waals surface area contributed by atoms with Gasteiger partial charge in [0.05, 0.1) is 11.1 Å². The third-order valence-electron chi connectivity index (χ3n) is 9.84. The Morgan fingerprint density at radius 3 is 1.77 bits per heavy atom. The van der Waals surface area contributed by atoms with Crippen molar-refractivity contribution in [3.05, 3.63) is 176 Å². The molecule has 0 radical (unpaired) electrons. The second-order valence-corrected chi connectivity index (χ2v) is 12.5. The quantitative estimate of drug-likeness (QED) is 0.184. The van der Waals surface area contributed by atoms with Crippen LogP contribution in [0.4, 0.5) is 17.1 Å². The van der Waals surface area contributed by atoms with Gasteiger partial charge in [-0.05, 0) is 96.7 Å². The molecule has 2 heteroatoms. The lowest BCUT2D eigenvalue weighted by atomic mass is 9.92. The van der Waals surface area contributed by atoms with Gasteiger partial charge in [-0.1, -0.05) is 133 Å². The molecule has 10 aromatic rings. The van der Waals surface area contributed by atoms with Crippen molar-refractivity contribution in [3.8, 4) is 11.1 Å². The van der Waals surface area contributed by atoms with Gasteiger partial charge in [0.15, 0.2) is 0 Å². The van der Waals surface area contributed by atoms with Crippen molar-refractivity contribution in [2.24, 2.45) is 0 Å². The molecule has 9 aromatic carbocycles. The van der Waals surface area contributed by atoms with E-state index in [2.05, 4.69) is 181 Å². The molecule has 0 aliphatic rings. The highest BCUT2D eigenvalue weighted by molar-refractivity contribution is 6.23. The van der Waals surface area contributed by atoms with Crippen LogP contribution in [0.2, 0.25) is 0 Å². The van der Waals surface area contributed by atoms with Gasteiger partial charge in [-0.2, -0.15) is 0 Å². The second kappa shape index (κ2) is 10.6. The van der Waals surface area contributed by atoms with E-state index in [0.29, 0.717) is 0 Å². The molecule has 2 nitrogen and oxygen atoms in total. The maximum absolute atomic E-state index is 6.47. The summed E-state index contributed by atoms with van der Waals surface area (Å²) in [5.41, 5.74) is 7.47. The summed E-state index contributed by atoms with van der Waals surface area (Å²) in [6.45, 7) is 0. The van der Waals surface area contributed by atoms with E-state index < -0.39 is 0 Å². The van der Waals surface area contributed by atoms with Crippen LogP contribution in [0.3, 0.4) is 0 Å². The van der Waals surface area contributed by atoms with Gasteiger partial charge >= 0.3 is 0 Å². The Labute approximate surface area is 277 Å². The van der Waals surface area contributed by atoms with Crippen LogP contribution < -0.4 is 4.90 Å². The van der Waals surface area contributed by atoms with Crippen molar-refractivity contribution in [2.75, 3.05) is 4.90 Å². The summed E-state index contributed by atoms with van der Waals surface area (Å²) in [6.07, 6.45) is 0. The molecule has 1 heterocycles. The molecule has 0 amide bonds. The monoisotopic (exact) mass is 611 g/mol. The van der Waals surface area contributed by atoms with Crippen LogP contribution in [0.1, 0.15) is 0 Å². The molecule has 0 unspecified atom stereocenters. The fourth-order valence-electron chi connectivity index (χ4n) is 7.66. The third-order valence-corrected chi connectivity index (χ3v) is 9.84. The SMILES string of the molecule is c1ccc(N(c2ccc(-c3cccc4c3ccc3c5ccccc5ccc43)cc2)c2cccc3oc4ccc5ccccc5c4c23)cc1. The first-order valence-corrected chi connectivity index (χ1v) is 16.4. The normalized spacial score (nSPS) is 11.8. The number of hydrogen-bond donors (Lipinski definition) is 0. The maximum atomic E-state index is 6.47. The van der Waals surface area contributed by atoms with Gasteiger partial charge in [0.1, 0.15) is 11.2 Å². The molecule has 0 aliphatic carbocycles. The first-order valence-electron chi connectivity index (χ1n) is 16.4. The number of fused-ring (bicyclic) bond motifs is 10. The molecule has 0 saturated heterocycles. The molecule has 0 bridgehead atoms. The van der Waals surface area contributed by atoms with Crippen LogP contribution in [0, 0.1) is 0 Å². The molecule has 224 valence electrons. The van der Waals surface area contributed by atoms with Crippen LogP contribution in [0.5, 0.6) is 0 Å². The number of hydrogen-bond acceptors (Lipinski definition) is 2. The molecular formula is C46H29NO. The van der Waals surface area contributed by atoms with Crippen molar-refractivity contribution in [1.29, 1.82) is 0 Å². The first-order chi connectivity index (χ1) is 23.8. The van der Waals surface area contributed by atoms with E-state index in [-0.39, 0.29) is 0 Å². The zero-order chi connectivity index (χ0) is 31.6. The van der Waals surface area contributed by atoms with Gasteiger partial charge in [-0.15, -0.1) is 0 Å². The van der Waals surface area contributed by atoms with Gasteiger partial charge in [-0.3, -0.25) is 0 Å². The fraction of sp³-hybridized carbons (Fsp3) is 0. The number of para-hydroxylation sites is 1. The number of furan rings is 1. The third kappa shape index (κ3) is 4.06. The highest BCUT2D eigenvalue weighted by Crippen LogP contribution is 2.45. The number of anilines is 3. The zero-order valence-electron chi connectivity index (χ0n) is 26.1. The molecular weight excluding hydrogens is 583 g/mol. The Hall–Kier alpha value is -6.38. The van der Waals surface area contributed by atoms with E-state index in [4.69, 9.17) is 4.42 Å². The Balaban J connectivity index is 1.15. The Morgan fingerprint density at radius 1 is 0.333 bits per heavy atom. The molecule has 0 fully saturated rings. The molecule has 48 heavy (non-hydrogen) atoms. The maximum Gasteiger partial charge on any atom is 0.137 e. The fourth-order valence-corrected chi connectivity index (χ4v) is 7.66. The largest absolute Gasteiger partial charge is 0.456 e. The average Bonchev–Trinajstić information content (AvgIpc) is 3.55.